The molecule has 1 aromatic carbocycles. The van der Waals surface area contributed by atoms with Crippen LogP contribution in [0.15, 0.2) is 12.1 Å². The normalized spacial score (nSPS) is 12.3. The highest BCUT2D eigenvalue weighted by molar-refractivity contribution is 6.32. The van der Waals surface area contributed by atoms with Crippen LogP contribution in [0, 0.1) is 0 Å². The Bertz CT molecular complexity index is 385. The van der Waals surface area contributed by atoms with Crippen LogP contribution in [0.1, 0.15) is 12.5 Å². The van der Waals surface area contributed by atoms with Gasteiger partial charge in [-0.05, 0) is 31.7 Å². The molecule has 0 saturated heterocycles. The third-order valence-corrected chi connectivity index (χ3v) is 2.82. The van der Waals surface area contributed by atoms with Crippen LogP contribution >= 0.6 is 11.6 Å². The van der Waals surface area contributed by atoms with Crippen molar-refractivity contribution in [1.82, 2.24) is 5.32 Å². The lowest BCUT2D eigenvalue weighted by Crippen LogP contribution is -2.16. The zero-order valence-corrected chi connectivity index (χ0v) is 12.0. The Kier molecular flexibility index (Phi) is 6.25. The van der Waals surface area contributed by atoms with E-state index in [-0.39, 0.29) is 6.10 Å². The van der Waals surface area contributed by atoms with Gasteiger partial charge in [0, 0.05) is 13.7 Å². The van der Waals surface area contributed by atoms with Crippen molar-refractivity contribution in [2.75, 3.05) is 27.9 Å². The van der Waals surface area contributed by atoms with Crippen LogP contribution in [0.25, 0.3) is 0 Å². The summed E-state index contributed by atoms with van der Waals surface area (Å²) < 4.78 is 16.1. The molecule has 1 unspecified atom stereocenters. The summed E-state index contributed by atoms with van der Waals surface area (Å²) in [6.45, 7) is 3.08. The molecule has 0 heterocycles. The zero-order valence-electron chi connectivity index (χ0n) is 11.2. The highest BCUT2D eigenvalue weighted by Crippen LogP contribution is 2.36. The first kappa shape index (κ1) is 15.1. The van der Waals surface area contributed by atoms with Gasteiger partial charge >= 0.3 is 0 Å². The largest absolute Gasteiger partial charge is 0.493 e. The molecular weight excluding hydrogens is 254 g/mol. The second-order valence-electron chi connectivity index (χ2n) is 4.00. The summed E-state index contributed by atoms with van der Waals surface area (Å²) in [7, 11) is 5.12. The molecule has 0 fully saturated rings. The molecule has 0 aliphatic carbocycles. The summed E-state index contributed by atoms with van der Waals surface area (Å²) >= 11 is 6.20. The van der Waals surface area contributed by atoms with Gasteiger partial charge in [0.1, 0.15) is 6.61 Å². The number of nitrogens with one attached hydrogen (secondary N) is 1. The highest BCUT2D eigenvalue weighted by Gasteiger charge is 2.13. The van der Waals surface area contributed by atoms with Crippen LogP contribution in [0.4, 0.5) is 0 Å². The number of benzene rings is 1. The first-order valence-electron chi connectivity index (χ1n) is 5.79. The number of methoxy groups -OCH3 is 2. The van der Waals surface area contributed by atoms with Gasteiger partial charge in [-0.2, -0.15) is 0 Å². The number of ether oxygens (including phenoxy) is 3. The third kappa shape index (κ3) is 4.05. The summed E-state index contributed by atoms with van der Waals surface area (Å²) in [5.74, 6) is 1.19. The van der Waals surface area contributed by atoms with E-state index < -0.39 is 0 Å². The Hall–Kier alpha value is -0.970. The smallest absolute Gasteiger partial charge is 0.179 e. The number of hydrogen-bond acceptors (Lipinski definition) is 4. The van der Waals surface area contributed by atoms with E-state index in [9.17, 15) is 0 Å². The van der Waals surface area contributed by atoms with Crippen LogP contribution in [-0.2, 0) is 11.3 Å². The van der Waals surface area contributed by atoms with E-state index in [2.05, 4.69) is 5.32 Å². The van der Waals surface area contributed by atoms with Crippen LogP contribution in [-0.4, -0.2) is 34.0 Å². The first-order valence-corrected chi connectivity index (χ1v) is 6.16. The average molecular weight is 274 g/mol. The van der Waals surface area contributed by atoms with Gasteiger partial charge in [-0.3, -0.25) is 0 Å². The lowest BCUT2D eigenvalue weighted by Gasteiger charge is -2.16. The fraction of sp³-hybridized carbons (Fsp3) is 0.538. The van der Waals surface area contributed by atoms with E-state index in [4.69, 9.17) is 25.8 Å². The molecule has 4 nitrogen and oxygen atoms in total. The molecule has 18 heavy (non-hydrogen) atoms. The van der Waals surface area contributed by atoms with Crippen molar-refractivity contribution in [3.05, 3.63) is 22.7 Å². The summed E-state index contributed by atoms with van der Waals surface area (Å²) in [4.78, 5) is 0. The fourth-order valence-corrected chi connectivity index (χ4v) is 1.78. The molecule has 0 aliphatic heterocycles. The van der Waals surface area contributed by atoms with Gasteiger partial charge < -0.3 is 19.5 Å². The predicted octanol–water partition coefficient (Wildman–Crippen LogP) is 2.48. The van der Waals surface area contributed by atoms with E-state index in [0.717, 1.165) is 12.1 Å². The summed E-state index contributed by atoms with van der Waals surface area (Å²) in [5, 5.41) is 3.61. The monoisotopic (exact) mass is 273 g/mol. The Morgan fingerprint density at radius 1 is 1.33 bits per heavy atom. The lowest BCUT2D eigenvalue weighted by atomic mass is 10.2. The van der Waals surface area contributed by atoms with Crippen LogP contribution < -0.4 is 14.8 Å². The maximum atomic E-state index is 6.20. The van der Waals surface area contributed by atoms with Crippen LogP contribution in [0.2, 0.25) is 5.02 Å². The molecule has 0 saturated carbocycles. The molecule has 5 heteroatoms. The molecular formula is C13H20ClNO3. The van der Waals surface area contributed by atoms with Gasteiger partial charge in [0.15, 0.2) is 11.5 Å². The number of rotatable bonds is 7. The molecule has 0 aliphatic rings. The Labute approximate surface area is 113 Å². The van der Waals surface area contributed by atoms with E-state index in [1.165, 1.54) is 0 Å². The fourth-order valence-electron chi connectivity index (χ4n) is 1.49. The van der Waals surface area contributed by atoms with Crippen molar-refractivity contribution < 1.29 is 14.2 Å². The highest BCUT2D eigenvalue weighted by atomic mass is 35.5. The molecule has 0 bridgehead atoms. The van der Waals surface area contributed by atoms with Gasteiger partial charge in [-0.1, -0.05) is 11.6 Å². The van der Waals surface area contributed by atoms with Crippen molar-refractivity contribution in [3.63, 3.8) is 0 Å². The lowest BCUT2D eigenvalue weighted by molar-refractivity contribution is 0.0706. The van der Waals surface area contributed by atoms with Crippen molar-refractivity contribution in [1.29, 1.82) is 0 Å². The minimum Gasteiger partial charge on any atom is -0.493 e. The molecule has 0 radical (unpaired) electrons. The Morgan fingerprint density at radius 3 is 2.61 bits per heavy atom. The van der Waals surface area contributed by atoms with E-state index in [1.54, 1.807) is 14.2 Å². The second-order valence-corrected chi connectivity index (χ2v) is 4.40. The van der Waals surface area contributed by atoms with Crippen molar-refractivity contribution in [2.24, 2.45) is 0 Å². The molecule has 102 valence electrons. The van der Waals surface area contributed by atoms with Gasteiger partial charge in [0.2, 0.25) is 0 Å². The Morgan fingerprint density at radius 2 is 2.06 bits per heavy atom. The molecule has 0 spiro atoms. The Balaban J connectivity index is 2.89. The molecule has 0 aromatic heterocycles. The van der Waals surface area contributed by atoms with E-state index in [0.29, 0.717) is 23.1 Å². The summed E-state index contributed by atoms with van der Waals surface area (Å²) in [6.07, 6.45) is 0.00255. The maximum absolute atomic E-state index is 6.20. The number of halogens is 1. The van der Waals surface area contributed by atoms with E-state index in [1.807, 2.05) is 26.1 Å². The first-order chi connectivity index (χ1) is 8.62. The standard InChI is InChI=1S/C13H20ClNO3/c1-9(16-3)8-18-13-11(14)5-10(7-15-2)6-12(13)17-4/h5-6,9,15H,7-8H2,1-4H3. The van der Waals surface area contributed by atoms with Gasteiger partial charge in [0.25, 0.3) is 0 Å². The minimum absolute atomic E-state index is 0.00255. The van der Waals surface area contributed by atoms with Crippen molar-refractivity contribution in [2.45, 2.75) is 19.6 Å². The van der Waals surface area contributed by atoms with E-state index >= 15 is 0 Å². The molecule has 0 amide bonds. The van der Waals surface area contributed by atoms with Gasteiger partial charge in [-0.15, -0.1) is 0 Å². The molecule has 1 atom stereocenters. The third-order valence-electron chi connectivity index (χ3n) is 2.53. The van der Waals surface area contributed by atoms with Crippen molar-refractivity contribution >= 4 is 11.6 Å². The molecule has 1 rings (SSSR count). The van der Waals surface area contributed by atoms with Crippen molar-refractivity contribution in [3.8, 4) is 11.5 Å². The topological polar surface area (TPSA) is 39.7 Å². The second kappa shape index (κ2) is 7.46. The maximum Gasteiger partial charge on any atom is 0.179 e. The summed E-state index contributed by atoms with van der Waals surface area (Å²) in [6, 6.07) is 3.78. The van der Waals surface area contributed by atoms with Crippen LogP contribution in [0.5, 0.6) is 11.5 Å². The summed E-state index contributed by atoms with van der Waals surface area (Å²) in [5.41, 5.74) is 1.05. The number of hydrogen-bond donors (Lipinski definition) is 1. The minimum atomic E-state index is 0.00255. The quantitative estimate of drug-likeness (QED) is 0.829. The van der Waals surface area contributed by atoms with Gasteiger partial charge in [0.05, 0.1) is 18.2 Å². The SMILES string of the molecule is CNCc1cc(Cl)c(OCC(C)OC)c(OC)c1. The van der Waals surface area contributed by atoms with Gasteiger partial charge in [-0.25, -0.2) is 0 Å². The molecule has 1 N–H and O–H groups in total. The average Bonchev–Trinajstić information content (AvgIpc) is 2.36. The zero-order chi connectivity index (χ0) is 13.5. The predicted molar refractivity (Wildman–Crippen MR) is 72.7 cm³/mol. The van der Waals surface area contributed by atoms with Crippen LogP contribution in [0.3, 0.4) is 0 Å². The molecule has 1 aromatic rings.